The van der Waals surface area contributed by atoms with Gasteiger partial charge in [0.05, 0.1) is 12.6 Å². The van der Waals surface area contributed by atoms with E-state index < -0.39 is 0 Å². The first-order valence-electron chi connectivity index (χ1n) is 9.70. The third-order valence-electron chi connectivity index (χ3n) is 4.82. The van der Waals surface area contributed by atoms with Crippen LogP contribution < -0.4 is 4.90 Å². The van der Waals surface area contributed by atoms with E-state index in [1.807, 2.05) is 41.3 Å². The van der Waals surface area contributed by atoms with Gasteiger partial charge >= 0.3 is 0 Å². The summed E-state index contributed by atoms with van der Waals surface area (Å²) in [6, 6.07) is 16.1. The van der Waals surface area contributed by atoms with Crippen molar-refractivity contribution in [3.63, 3.8) is 0 Å². The van der Waals surface area contributed by atoms with Crippen LogP contribution in [0.15, 0.2) is 67.3 Å². The molecule has 28 heavy (non-hydrogen) atoms. The Labute approximate surface area is 166 Å². The van der Waals surface area contributed by atoms with Crippen LogP contribution in [-0.2, 0) is 16.1 Å². The Hall–Kier alpha value is -2.50. The predicted octanol–water partition coefficient (Wildman–Crippen LogP) is 4.03. The molecule has 1 atom stereocenters. The fraction of sp³-hybridized carbons (Fsp3) is 0.348. The summed E-state index contributed by atoms with van der Waals surface area (Å²) >= 11 is 0. The number of hydrogen-bond donors (Lipinski definition) is 0. The molecule has 3 rings (SSSR count). The first kappa shape index (κ1) is 20.2. The summed E-state index contributed by atoms with van der Waals surface area (Å²) in [5.74, 6) is -0.279. The highest BCUT2D eigenvalue weighted by molar-refractivity contribution is 5.95. The molecule has 1 saturated heterocycles. The van der Waals surface area contributed by atoms with E-state index in [0.717, 1.165) is 30.7 Å². The van der Waals surface area contributed by atoms with Gasteiger partial charge in [-0.25, -0.2) is 4.39 Å². The fourth-order valence-corrected chi connectivity index (χ4v) is 3.52. The van der Waals surface area contributed by atoms with Crippen molar-refractivity contribution in [2.75, 3.05) is 31.1 Å². The van der Waals surface area contributed by atoms with Crippen molar-refractivity contribution in [3.05, 3.63) is 78.6 Å². The third-order valence-corrected chi connectivity index (χ3v) is 4.82. The molecule has 1 aliphatic heterocycles. The largest absolute Gasteiger partial charge is 0.377 e. The van der Waals surface area contributed by atoms with Crippen LogP contribution in [0.3, 0.4) is 0 Å². The average Bonchev–Trinajstić information content (AvgIpc) is 3.19. The van der Waals surface area contributed by atoms with Crippen molar-refractivity contribution in [2.45, 2.75) is 25.5 Å². The van der Waals surface area contributed by atoms with E-state index in [9.17, 15) is 9.18 Å². The molecule has 4 nitrogen and oxygen atoms in total. The monoisotopic (exact) mass is 382 g/mol. The van der Waals surface area contributed by atoms with Crippen LogP contribution in [0.2, 0.25) is 0 Å². The molecule has 0 spiro atoms. The molecule has 1 aliphatic rings. The van der Waals surface area contributed by atoms with Gasteiger partial charge in [-0.1, -0.05) is 36.4 Å². The highest BCUT2D eigenvalue weighted by Crippen LogP contribution is 2.18. The van der Waals surface area contributed by atoms with Crippen molar-refractivity contribution in [2.24, 2.45) is 0 Å². The van der Waals surface area contributed by atoms with Gasteiger partial charge in [-0.05, 0) is 42.7 Å². The fourth-order valence-electron chi connectivity index (χ4n) is 3.52. The number of para-hydroxylation sites is 1. The van der Waals surface area contributed by atoms with Gasteiger partial charge in [-0.2, -0.15) is 0 Å². The van der Waals surface area contributed by atoms with Crippen LogP contribution in [0.5, 0.6) is 0 Å². The van der Waals surface area contributed by atoms with Gasteiger partial charge in [0, 0.05) is 31.9 Å². The molecule has 0 radical (unpaired) electrons. The average molecular weight is 382 g/mol. The number of benzene rings is 2. The molecular weight excluding hydrogens is 355 g/mol. The molecule has 2 aromatic rings. The molecule has 0 aliphatic carbocycles. The maximum atomic E-state index is 13.6. The standard InChI is InChI=1S/C23H27FN2O2/c1-2-13-26(21-10-4-3-5-11-21)23(27)18-25(17-22-12-7-14-28-22)16-19-8-6-9-20(24)15-19/h2-6,8-11,15,22H,1,7,12-14,16-18H2. The Morgan fingerprint density at radius 3 is 2.71 bits per heavy atom. The Bertz CT molecular complexity index is 775. The van der Waals surface area contributed by atoms with Crippen LogP contribution in [0.4, 0.5) is 10.1 Å². The lowest BCUT2D eigenvalue weighted by molar-refractivity contribution is -0.120. The van der Waals surface area contributed by atoms with Crippen LogP contribution in [0.25, 0.3) is 0 Å². The molecule has 1 amide bonds. The molecule has 5 heteroatoms. The molecule has 1 fully saturated rings. The number of carbonyl (C=O) groups excluding carboxylic acids is 1. The maximum absolute atomic E-state index is 13.6. The second-order valence-electron chi connectivity index (χ2n) is 7.06. The van der Waals surface area contributed by atoms with Crippen molar-refractivity contribution < 1.29 is 13.9 Å². The lowest BCUT2D eigenvalue weighted by Crippen LogP contribution is -2.42. The van der Waals surface area contributed by atoms with Gasteiger partial charge in [-0.3, -0.25) is 9.69 Å². The Morgan fingerprint density at radius 2 is 2.04 bits per heavy atom. The second kappa shape index (κ2) is 10.2. The number of nitrogens with zero attached hydrogens (tertiary/aromatic N) is 2. The summed E-state index contributed by atoms with van der Waals surface area (Å²) < 4.78 is 19.4. The van der Waals surface area contributed by atoms with Gasteiger partial charge < -0.3 is 9.64 Å². The number of halogens is 1. The van der Waals surface area contributed by atoms with Crippen molar-refractivity contribution in [3.8, 4) is 0 Å². The highest BCUT2D eigenvalue weighted by atomic mass is 19.1. The van der Waals surface area contributed by atoms with Gasteiger partial charge in [-0.15, -0.1) is 6.58 Å². The van der Waals surface area contributed by atoms with Crippen LogP contribution in [0.1, 0.15) is 18.4 Å². The Balaban J connectivity index is 1.74. The summed E-state index contributed by atoms with van der Waals surface area (Å²) in [6.07, 6.45) is 3.87. The topological polar surface area (TPSA) is 32.8 Å². The van der Waals surface area contributed by atoms with E-state index >= 15 is 0 Å². The molecular formula is C23H27FN2O2. The third kappa shape index (κ3) is 5.75. The molecule has 148 valence electrons. The minimum absolute atomic E-state index is 0.0134. The van der Waals surface area contributed by atoms with Crippen molar-refractivity contribution in [1.29, 1.82) is 0 Å². The Kier molecular flexibility index (Phi) is 7.34. The number of amides is 1. The summed E-state index contributed by atoms with van der Waals surface area (Å²) in [5, 5.41) is 0. The van der Waals surface area contributed by atoms with Crippen LogP contribution in [0, 0.1) is 5.82 Å². The molecule has 0 bridgehead atoms. The quantitative estimate of drug-likeness (QED) is 0.614. The minimum atomic E-state index is -0.265. The number of rotatable bonds is 9. The van der Waals surface area contributed by atoms with E-state index in [1.165, 1.54) is 12.1 Å². The van der Waals surface area contributed by atoms with Gasteiger partial charge in [0.1, 0.15) is 5.82 Å². The van der Waals surface area contributed by atoms with Gasteiger partial charge in [0.15, 0.2) is 0 Å². The lowest BCUT2D eigenvalue weighted by Gasteiger charge is -2.28. The van der Waals surface area contributed by atoms with Gasteiger partial charge in [0.2, 0.25) is 5.91 Å². The predicted molar refractivity (Wildman–Crippen MR) is 110 cm³/mol. The van der Waals surface area contributed by atoms with Crippen LogP contribution >= 0.6 is 0 Å². The summed E-state index contributed by atoms with van der Waals surface area (Å²) in [7, 11) is 0. The first-order chi connectivity index (χ1) is 13.7. The number of anilines is 1. The zero-order valence-corrected chi connectivity index (χ0v) is 16.1. The van der Waals surface area contributed by atoms with Crippen LogP contribution in [-0.4, -0.2) is 43.2 Å². The Morgan fingerprint density at radius 1 is 1.21 bits per heavy atom. The zero-order chi connectivity index (χ0) is 19.8. The van der Waals surface area contributed by atoms with E-state index in [4.69, 9.17) is 4.74 Å². The number of hydrogen-bond acceptors (Lipinski definition) is 3. The summed E-state index contributed by atoms with van der Waals surface area (Å²) in [4.78, 5) is 16.9. The van der Waals surface area contributed by atoms with E-state index in [1.54, 1.807) is 17.0 Å². The molecule has 1 heterocycles. The highest BCUT2D eigenvalue weighted by Gasteiger charge is 2.23. The second-order valence-corrected chi connectivity index (χ2v) is 7.06. The van der Waals surface area contributed by atoms with Crippen molar-refractivity contribution in [1.82, 2.24) is 4.90 Å². The molecule has 2 aromatic carbocycles. The molecule has 0 N–H and O–H groups in total. The molecule has 0 aromatic heterocycles. The van der Waals surface area contributed by atoms with Crippen molar-refractivity contribution >= 4 is 11.6 Å². The zero-order valence-electron chi connectivity index (χ0n) is 16.1. The number of ether oxygens (including phenoxy) is 1. The normalized spacial score (nSPS) is 16.3. The van der Waals surface area contributed by atoms with E-state index in [-0.39, 0.29) is 24.4 Å². The molecule has 1 unspecified atom stereocenters. The lowest BCUT2D eigenvalue weighted by atomic mass is 10.1. The first-order valence-corrected chi connectivity index (χ1v) is 9.70. The van der Waals surface area contributed by atoms with Gasteiger partial charge in [0.25, 0.3) is 0 Å². The summed E-state index contributed by atoms with van der Waals surface area (Å²) in [5.41, 5.74) is 1.69. The van der Waals surface area contributed by atoms with E-state index in [0.29, 0.717) is 19.6 Å². The SMILES string of the molecule is C=CCN(C(=O)CN(Cc1cccc(F)c1)CC1CCCO1)c1ccccc1. The maximum Gasteiger partial charge on any atom is 0.241 e. The minimum Gasteiger partial charge on any atom is -0.377 e. The molecule has 0 saturated carbocycles. The smallest absolute Gasteiger partial charge is 0.241 e. The summed E-state index contributed by atoms with van der Waals surface area (Å²) in [6.45, 7) is 6.37. The number of carbonyl (C=O) groups is 1. The van der Waals surface area contributed by atoms with E-state index in [2.05, 4.69) is 6.58 Å².